The van der Waals surface area contributed by atoms with Crippen LogP contribution in [0.5, 0.6) is 0 Å². The molecule has 2 aromatic heterocycles. The molecule has 3 rings (SSSR count). The van der Waals surface area contributed by atoms with E-state index in [9.17, 15) is 9.00 Å². The second-order valence-corrected chi connectivity index (χ2v) is 7.97. The lowest BCUT2D eigenvalue weighted by atomic mass is 10.00. The molecule has 3 heterocycles. The number of rotatable bonds is 5. The SMILES string of the molecule is CCS(=O)NC(C)c1cncc(-c2cnc3c(c2)CCCN3C(C)=O)c1. The molecule has 0 aliphatic carbocycles. The van der Waals surface area contributed by atoms with Crippen LogP contribution in [0, 0.1) is 0 Å². The molecule has 2 aromatic rings. The highest BCUT2D eigenvalue weighted by Gasteiger charge is 2.22. The second kappa shape index (κ2) is 8.05. The summed E-state index contributed by atoms with van der Waals surface area (Å²) in [5, 5.41) is 0. The molecule has 26 heavy (non-hydrogen) atoms. The monoisotopic (exact) mass is 372 g/mol. The molecule has 0 saturated carbocycles. The van der Waals surface area contributed by atoms with Gasteiger partial charge in [0.25, 0.3) is 0 Å². The van der Waals surface area contributed by atoms with Crippen molar-refractivity contribution in [1.29, 1.82) is 0 Å². The zero-order valence-corrected chi connectivity index (χ0v) is 16.2. The van der Waals surface area contributed by atoms with E-state index in [0.717, 1.165) is 47.5 Å². The summed E-state index contributed by atoms with van der Waals surface area (Å²) in [6, 6.07) is 4.09. The maximum atomic E-state index is 11.8. The van der Waals surface area contributed by atoms with Gasteiger partial charge in [0.1, 0.15) is 5.82 Å². The first-order chi connectivity index (χ1) is 12.5. The highest BCUT2D eigenvalue weighted by molar-refractivity contribution is 7.82. The van der Waals surface area contributed by atoms with Crippen LogP contribution >= 0.6 is 0 Å². The van der Waals surface area contributed by atoms with Gasteiger partial charge in [0.15, 0.2) is 0 Å². The van der Waals surface area contributed by atoms with Gasteiger partial charge in [0, 0.05) is 55.0 Å². The number of aryl methyl sites for hydroxylation is 1. The largest absolute Gasteiger partial charge is 0.297 e. The molecule has 1 aliphatic heterocycles. The maximum Gasteiger partial charge on any atom is 0.225 e. The molecule has 6 nitrogen and oxygen atoms in total. The Bertz CT molecular complexity index is 840. The minimum Gasteiger partial charge on any atom is -0.297 e. The predicted octanol–water partition coefficient (Wildman–Crippen LogP) is 2.78. The molecule has 1 amide bonds. The van der Waals surface area contributed by atoms with Crippen LogP contribution in [0.25, 0.3) is 11.1 Å². The van der Waals surface area contributed by atoms with Crippen molar-refractivity contribution in [2.24, 2.45) is 0 Å². The van der Waals surface area contributed by atoms with Crippen molar-refractivity contribution < 1.29 is 9.00 Å². The molecular formula is C19H24N4O2S. The van der Waals surface area contributed by atoms with Crippen LogP contribution in [0.15, 0.2) is 30.7 Å². The van der Waals surface area contributed by atoms with Gasteiger partial charge >= 0.3 is 0 Å². The summed E-state index contributed by atoms with van der Waals surface area (Å²) < 4.78 is 14.8. The summed E-state index contributed by atoms with van der Waals surface area (Å²) in [4.78, 5) is 22.4. The lowest BCUT2D eigenvalue weighted by molar-refractivity contribution is -0.116. The third-order valence-electron chi connectivity index (χ3n) is 4.57. The number of nitrogens with one attached hydrogen (secondary N) is 1. The lowest BCUT2D eigenvalue weighted by Crippen LogP contribution is -2.34. The van der Waals surface area contributed by atoms with E-state index in [0.29, 0.717) is 5.75 Å². The van der Waals surface area contributed by atoms with Gasteiger partial charge in [0.2, 0.25) is 5.91 Å². The van der Waals surface area contributed by atoms with Crippen molar-refractivity contribution in [2.75, 3.05) is 17.2 Å². The standard InChI is InChI=1S/C19H24N4O2S/c1-4-26(25)22-13(2)16-9-17(11-20-10-16)18-8-15-6-5-7-23(14(3)24)19(15)21-12-18/h8-13,22H,4-7H2,1-3H3. The smallest absolute Gasteiger partial charge is 0.225 e. The molecule has 138 valence electrons. The Morgan fingerprint density at radius 1 is 1.31 bits per heavy atom. The first-order valence-corrected chi connectivity index (χ1v) is 10.2. The number of amides is 1. The van der Waals surface area contributed by atoms with Gasteiger partial charge in [-0.15, -0.1) is 0 Å². The van der Waals surface area contributed by atoms with Gasteiger partial charge in [-0.3, -0.25) is 14.7 Å². The van der Waals surface area contributed by atoms with E-state index < -0.39 is 11.0 Å². The normalized spacial score (nSPS) is 16.0. The summed E-state index contributed by atoms with van der Waals surface area (Å²) in [6.45, 7) is 6.16. The second-order valence-electron chi connectivity index (χ2n) is 6.46. The van der Waals surface area contributed by atoms with Crippen molar-refractivity contribution in [3.8, 4) is 11.1 Å². The third kappa shape index (κ3) is 3.99. The van der Waals surface area contributed by atoms with E-state index in [1.54, 1.807) is 24.2 Å². The quantitative estimate of drug-likeness (QED) is 0.876. The van der Waals surface area contributed by atoms with Crippen molar-refractivity contribution in [3.05, 3.63) is 41.9 Å². The van der Waals surface area contributed by atoms with Crippen LogP contribution in [0.3, 0.4) is 0 Å². The van der Waals surface area contributed by atoms with Crippen LogP contribution in [0.2, 0.25) is 0 Å². The topological polar surface area (TPSA) is 75.2 Å². The molecule has 2 atom stereocenters. The molecule has 1 aliphatic rings. The van der Waals surface area contributed by atoms with E-state index in [-0.39, 0.29) is 11.9 Å². The fraction of sp³-hybridized carbons (Fsp3) is 0.421. The number of hydrogen-bond acceptors (Lipinski definition) is 4. The highest BCUT2D eigenvalue weighted by atomic mass is 32.2. The van der Waals surface area contributed by atoms with Gasteiger partial charge in [-0.05, 0) is 43.0 Å². The Balaban J connectivity index is 1.89. The van der Waals surface area contributed by atoms with E-state index >= 15 is 0 Å². The number of carbonyl (C=O) groups is 1. The maximum absolute atomic E-state index is 11.8. The molecule has 7 heteroatoms. The number of nitrogens with zero attached hydrogens (tertiary/aromatic N) is 3. The van der Waals surface area contributed by atoms with E-state index in [2.05, 4.69) is 20.8 Å². The Morgan fingerprint density at radius 3 is 2.81 bits per heavy atom. The minimum absolute atomic E-state index is 0.0266. The number of hydrogen-bond donors (Lipinski definition) is 1. The van der Waals surface area contributed by atoms with E-state index in [4.69, 9.17) is 0 Å². The van der Waals surface area contributed by atoms with Gasteiger partial charge in [-0.25, -0.2) is 13.9 Å². The van der Waals surface area contributed by atoms with Crippen LogP contribution in [-0.2, 0) is 22.2 Å². The fourth-order valence-corrected chi connectivity index (χ4v) is 3.83. The van der Waals surface area contributed by atoms with Crippen LogP contribution in [0.4, 0.5) is 5.82 Å². The zero-order valence-electron chi connectivity index (χ0n) is 15.4. The molecule has 1 N–H and O–H groups in total. The Morgan fingerprint density at radius 2 is 2.08 bits per heavy atom. The molecule has 0 spiro atoms. The van der Waals surface area contributed by atoms with Gasteiger partial charge in [-0.2, -0.15) is 0 Å². The Hall–Kier alpha value is -2.12. The van der Waals surface area contributed by atoms with Gasteiger partial charge in [-0.1, -0.05) is 6.92 Å². The molecule has 0 fully saturated rings. The number of fused-ring (bicyclic) bond motifs is 1. The number of aromatic nitrogens is 2. The average Bonchev–Trinajstić information content (AvgIpc) is 2.66. The van der Waals surface area contributed by atoms with Crippen LogP contribution < -0.4 is 9.62 Å². The van der Waals surface area contributed by atoms with Crippen molar-refractivity contribution in [2.45, 2.75) is 39.7 Å². The summed E-state index contributed by atoms with van der Waals surface area (Å²) in [7, 11) is -1.05. The first-order valence-electron chi connectivity index (χ1n) is 8.86. The summed E-state index contributed by atoms with van der Waals surface area (Å²) in [6.07, 6.45) is 7.25. The molecule has 2 unspecified atom stereocenters. The molecule has 0 aromatic carbocycles. The van der Waals surface area contributed by atoms with E-state index in [1.165, 1.54) is 0 Å². The van der Waals surface area contributed by atoms with Crippen molar-refractivity contribution >= 4 is 22.7 Å². The average molecular weight is 372 g/mol. The predicted molar refractivity (Wildman–Crippen MR) is 104 cm³/mol. The number of anilines is 1. The third-order valence-corrected chi connectivity index (χ3v) is 5.71. The Labute approximate surface area is 156 Å². The molecular weight excluding hydrogens is 348 g/mol. The fourth-order valence-electron chi connectivity index (χ4n) is 3.13. The molecule has 0 radical (unpaired) electrons. The van der Waals surface area contributed by atoms with Crippen LogP contribution in [-0.4, -0.2) is 32.4 Å². The lowest BCUT2D eigenvalue weighted by Gasteiger charge is -2.27. The highest BCUT2D eigenvalue weighted by Crippen LogP contribution is 2.30. The number of pyridine rings is 2. The van der Waals surface area contributed by atoms with Gasteiger partial charge < -0.3 is 0 Å². The summed E-state index contributed by atoms with van der Waals surface area (Å²) in [5.41, 5.74) is 4.01. The molecule has 0 saturated heterocycles. The number of carbonyl (C=O) groups excluding carboxylic acids is 1. The Kier molecular flexibility index (Phi) is 5.78. The van der Waals surface area contributed by atoms with Crippen molar-refractivity contribution in [1.82, 2.24) is 14.7 Å². The van der Waals surface area contributed by atoms with Crippen LogP contribution in [0.1, 0.15) is 44.4 Å². The minimum atomic E-state index is -1.05. The van der Waals surface area contributed by atoms with Gasteiger partial charge in [0.05, 0.1) is 11.0 Å². The first kappa shape index (κ1) is 18.7. The molecule has 0 bridgehead atoms. The summed E-state index contributed by atoms with van der Waals surface area (Å²) >= 11 is 0. The summed E-state index contributed by atoms with van der Waals surface area (Å²) in [5.74, 6) is 1.36. The zero-order chi connectivity index (χ0) is 18.7. The van der Waals surface area contributed by atoms with E-state index in [1.807, 2.05) is 26.1 Å². The van der Waals surface area contributed by atoms with Crippen molar-refractivity contribution in [3.63, 3.8) is 0 Å².